The van der Waals surface area contributed by atoms with Crippen molar-refractivity contribution in [3.05, 3.63) is 51.5 Å². The number of alkyl halides is 3. The number of carboxylic acids is 1. The first-order chi connectivity index (χ1) is 11.3. The van der Waals surface area contributed by atoms with Crippen molar-refractivity contribution < 1.29 is 27.9 Å². The average Bonchev–Trinajstić information content (AvgIpc) is 3.03. The normalized spacial score (nSPS) is 17.5. The Bertz CT molecular complexity index is 803. The molecule has 1 aliphatic rings. The van der Waals surface area contributed by atoms with Crippen LogP contribution in [-0.4, -0.2) is 33.4 Å². The Morgan fingerprint density at radius 1 is 1.29 bits per heavy atom. The van der Waals surface area contributed by atoms with Crippen LogP contribution in [0.25, 0.3) is 0 Å². The third-order valence-electron chi connectivity index (χ3n) is 3.75. The number of hydrogen-bond acceptors (Lipinski definition) is 4. The highest BCUT2D eigenvalue weighted by atomic mass is 32.1. The summed E-state index contributed by atoms with van der Waals surface area (Å²) in [5, 5.41) is 9.31. The maximum atomic E-state index is 12.6. The summed E-state index contributed by atoms with van der Waals surface area (Å²) in [4.78, 5) is 28.4. The molecular formula is C15H11F3N2O3S. The number of carbonyl (C=O) groups excluding carboxylic acids is 1. The number of nitrogens with zero attached hydrogens (tertiary/aromatic N) is 2. The van der Waals surface area contributed by atoms with Gasteiger partial charge in [-0.1, -0.05) is 24.3 Å². The number of thiazole rings is 1. The van der Waals surface area contributed by atoms with E-state index in [0.29, 0.717) is 22.5 Å². The molecule has 1 unspecified atom stereocenters. The van der Waals surface area contributed by atoms with Crippen LogP contribution in [-0.2, 0) is 17.5 Å². The number of carboxylic acid groups (broad SMARTS) is 1. The van der Waals surface area contributed by atoms with Crippen molar-refractivity contribution in [2.24, 2.45) is 0 Å². The summed E-state index contributed by atoms with van der Waals surface area (Å²) in [6.45, 7) is 0.0295. The Hall–Kier alpha value is -2.42. The van der Waals surface area contributed by atoms with Gasteiger partial charge in [-0.15, -0.1) is 11.3 Å². The van der Waals surface area contributed by atoms with Gasteiger partial charge in [-0.3, -0.25) is 9.59 Å². The molecule has 0 spiro atoms. The van der Waals surface area contributed by atoms with Crippen LogP contribution in [0.3, 0.4) is 0 Å². The van der Waals surface area contributed by atoms with E-state index in [1.165, 1.54) is 4.90 Å². The number of aliphatic carboxylic acids is 1. The SMILES string of the molecule is O=C(O)C1CN(C(=O)c2csc(C(F)(F)F)n2)Cc2ccccc21. The maximum absolute atomic E-state index is 12.6. The monoisotopic (exact) mass is 356 g/mol. The largest absolute Gasteiger partial charge is 0.481 e. The summed E-state index contributed by atoms with van der Waals surface area (Å²) in [5.41, 5.74) is 0.954. The van der Waals surface area contributed by atoms with E-state index >= 15 is 0 Å². The molecule has 2 aromatic rings. The molecule has 0 saturated heterocycles. The third kappa shape index (κ3) is 2.99. The van der Waals surface area contributed by atoms with Crippen molar-refractivity contribution in [3.8, 4) is 0 Å². The van der Waals surface area contributed by atoms with Crippen LogP contribution in [0.1, 0.15) is 32.5 Å². The van der Waals surface area contributed by atoms with Gasteiger partial charge in [0.05, 0.1) is 5.92 Å². The van der Waals surface area contributed by atoms with Crippen molar-refractivity contribution in [1.29, 1.82) is 0 Å². The predicted octanol–water partition coefficient (Wildman–Crippen LogP) is 2.99. The molecule has 1 amide bonds. The Kier molecular flexibility index (Phi) is 4.04. The Morgan fingerprint density at radius 2 is 2.00 bits per heavy atom. The molecule has 5 nitrogen and oxygen atoms in total. The smallest absolute Gasteiger partial charge is 0.443 e. The summed E-state index contributed by atoms with van der Waals surface area (Å²) in [7, 11) is 0. The molecule has 0 aliphatic carbocycles. The minimum atomic E-state index is -4.61. The van der Waals surface area contributed by atoms with Crippen LogP contribution < -0.4 is 0 Å². The quantitative estimate of drug-likeness (QED) is 0.898. The van der Waals surface area contributed by atoms with E-state index in [1.807, 2.05) is 0 Å². The van der Waals surface area contributed by atoms with E-state index in [4.69, 9.17) is 0 Å². The van der Waals surface area contributed by atoms with Crippen molar-refractivity contribution in [2.75, 3.05) is 6.54 Å². The van der Waals surface area contributed by atoms with E-state index < -0.39 is 29.0 Å². The molecule has 2 heterocycles. The number of halogens is 3. The first kappa shape index (κ1) is 16.4. The van der Waals surface area contributed by atoms with Crippen molar-refractivity contribution in [2.45, 2.75) is 18.6 Å². The van der Waals surface area contributed by atoms with Crippen molar-refractivity contribution in [3.63, 3.8) is 0 Å². The maximum Gasteiger partial charge on any atom is 0.443 e. The van der Waals surface area contributed by atoms with E-state index in [1.54, 1.807) is 24.3 Å². The van der Waals surface area contributed by atoms with Gasteiger partial charge < -0.3 is 10.0 Å². The fourth-order valence-corrected chi connectivity index (χ4v) is 3.30. The lowest BCUT2D eigenvalue weighted by molar-refractivity contribution is -0.139. The molecule has 24 heavy (non-hydrogen) atoms. The number of fused-ring (bicyclic) bond motifs is 1. The second kappa shape index (κ2) is 5.90. The number of rotatable bonds is 2. The predicted molar refractivity (Wildman–Crippen MR) is 78.7 cm³/mol. The highest BCUT2D eigenvalue weighted by Crippen LogP contribution is 2.33. The average molecular weight is 356 g/mol. The summed E-state index contributed by atoms with van der Waals surface area (Å²) in [5.74, 6) is -2.71. The fraction of sp³-hybridized carbons (Fsp3) is 0.267. The van der Waals surface area contributed by atoms with Gasteiger partial charge in [0, 0.05) is 18.5 Å². The second-order valence-corrected chi connectivity index (χ2v) is 6.17. The van der Waals surface area contributed by atoms with Gasteiger partial charge in [-0.25, -0.2) is 4.98 Å². The zero-order valence-electron chi connectivity index (χ0n) is 12.1. The molecule has 1 aliphatic heterocycles. The van der Waals surface area contributed by atoms with Gasteiger partial charge in [0.25, 0.3) is 5.91 Å². The van der Waals surface area contributed by atoms with Crippen molar-refractivity contribution >= 4 is 23.2 Å². The summed E-state index contributed by atoms with van der Waals surface area (Å²) in [6.07, 6.45) is -4.61. The number of aromatic nitrogens is 1. The van der Waals surface area contributed by atoms with Gasteiger partial charge in [-0.05, 0) is 11.1 Å². The zero-order chi connectivity index (χ0) is 17.5. The van der Waals surface area contributed by atoms with Gasteiger partial charge in [0.15, 0.2) is 5.01 Å². The van der Waals surface area contributed by atoms with E-state index in [2.05, 4.69) is 4.98 Å². The molecule has 0 fully saturated rings. The Morgan fingerprint density at radius 3 is 2.62 bits per heavy atom. The number of hydrogen-bond donors (Lipinski definition) is 1. The molecule has 0 bridgehead atoms. The standard InChI is InChI=1S/C15H11F3N2O3S/c16-15(17,18)14-19-11(7-24-14)12(21)20-5-8-3-1-2-4-9(8)10(6-20)13(22)23/h1-4,7,10H,5-6H2,(H,22,23). The lowest BCUT2D eigenvalue weighted by Crippen LogP contribution is -2.40. The number of benzene rings is 1. The first-order valence-corrected chi connectivity index (χ1v) is 7.78. The summed E-state index contributed by atoms with van der Waals surface area (Å²) < 4.78 is 37.9. The molecular weight excluding hydrogens is 345 g/mol. The van der Waals surface area contributed by atoms with Crippen LogP contribution in [0.15, 0.2) is 29.6 Å². The molecule has 1 aromatic heterocycles. The van der Waals surface area contributed by atoms with E-state index in [0.717, 1.165) is 5.38 Å². The molecule has 1 N–H and O–H groups in total. The number of carbonyl (C=O) groups is 2. The summed E-state index contributed by atoms with van der Waals surface area (Å²) in [6, 6.07) is 6.81. The summed E-state index contributed by atoms with van der Waals surface area (Å²) >= 11 is 0.342. The molecule has 1 atom stereocenters. The molecule has 0 saturated carbocycles. The molecule has 126 valence electrons. The van der Waals surface area contributed by atoms with Gasteiger partial charge in [0.1, 0.15) is 5.69 Å². The topological polar surface area (TPSA) is 70.5 Å². The molecule has 0 radical (unpaired) electrons. The first-order valence-electron chi connectivity index (χ1n) is 6.90. The fourth-order valence-electron chi connectivity index (χ4n) is 2.64. The van der Waals surface area contributed by atoms with Crippen LogP contribution in [0.4, 0.5) is 13.2 Å². The zero-order valence-corrected chi connectivity index (χ0v) is 12.9. The van der Waals surface area contributed by atoms with E-state index in [-0.39, 0.29) is 18.8 Å². The number of amides is 1. The minimum Gasteiger partial charge on any atom is -0.481 e. The lowest BCUT2D eigenvalue weighted by atomic mass is 9.89. The van der Waals surface area contributed by atoms with Crippen LogP contribution in [0.5, 0.6) is 0 Å². The van der Waals surface area contributed by atoms with Crippen LogP contribution >= 0.6 is 11.3 Å². The third-order valence-corrected chi connectivity index (χ3v) is 4.63. The minimum absolute atomic E-state index is 0.107. The molecule has 1 aromatic carbocycles. The second-order valence-electron chi connectivity index (χ2n) is 5.31. The van der Waals surface area contributed by atoms with Gasteiger partial charge in [-0.2, -0.15) is 13.2 Å². The van der Waals surface area contributed by atoms with Crippen LogP contribution in [0.2, 0.25) is 0 Å². The lowest BCUT2D eigenvalue weighted by Gasteiger charge is -2.32. The molecule has 3 rings (SSSR count). The van der Waals surface area contributed by atoms with Crippen LogP contribution in [0, 0.1) is 0 Å². The Labute approximate surface area is 138 Å². The van der Waals surface area contributed by atoms with Crippen molar-refractivity contribution in [1.82, 2.24) is 9.88 Å². The highest BCUT2D eigenvalue weighted by molar-refractivity contribution is 7.09. The van der Waals surface area contributed by atoms with Gasteiger partial charge in [0.2, 0.25) is 0 Å². The molecule has 9 heteroatoms. The van der Waals surface area contributed by atoms with Gasteiger partial charge >= 0.3 is 12.1 Å². The highest BCUT2D eigenvalue weighted by Gasteiger charge is 2.37. The van der Waals surface area contributed by atoms with E-state index in [9.17, 15) is 27.9 Å². The Balaban J connectivity index is 1.89.